The van der Waals surface area contributed by atoms with E-state index in [0.29, 0.717) is 0 Å². The van der Waals surface area contributed by atoms with Gasteiger partial charge in [0.2, 0.25) is 0 Å². The smallest absolute Gasteiger partial charge is 0.315 e. The maximum Gasteiger partial charge on any atom is 0.315 e. The number of carbonyl (C=O) groups is 1. The van der Waals surface area contributed by atoms with E-state index in [4.69, 9.17) is 9.47 Å². The molecule has 1 aliphatic rings. The van der Waals surface area contributed by atoms with Gasteiger partial charge < -0.3 is 25.0 Å². The molecule has 1 unspecified atom stereocenters. The molecular weight excluding hydrogens is 378 g/mol. The zero-order chi connectivity index (χ0) is 21.7. The van der Waals surface area contributed by atoms with Gasteiger partial charge >= 0.3 is 6.03 Å². The summed E-state index contributed by atoms with van der Waals surface area (Å²) in [6.45, 7) is 7.90. The Balaban J connectivity index is 1.95. The molecule has 0 bridgehead atoms. The number of carbonyl (C=O) groups excluding carboxylic acids is 1. The molecule has 0 spiro atoms. The first kappa shape index (κ1) is 22.0. The van der Waals surface area contributed by atoms with Crippen molar-refractivity contribution in [1.82, 2.24) is 10.6 Å². The SMILES string of the molecule is COc1cc2c(cc1OC)[C@@H]([C@@H](C)NC(=O)NC(C)C)[NH+](Cc1ccccc1)CC2. The standard InChI is InChI=1S/C24H33N3O3/c1-16(2)25-24(28)26-17(3)23-20-14-22(30-5)21(29-4)13-19(20)11-12-27(23)15-18-9-7-6-8-10-18/h6-10,13-14,16-17,23H,11-12,15H2,1-5H3,(H2,25,26,28)/p+1/t17-,23-/m1/s1. The van der Waals surface area contributed by atoms with Gasteiger partial charge in [-0.3, -0.25) is 0 Å². The molecule has 2 aromatic rings. The van der Waals surface area contributed by atoms with Crippen LogP contribution in [0.1, 0.15) is 43.5 Å². The van der Waals surface area contributed by atoms with Gasteiger partial charge in [0.15, 0.2) is 11.5 Å². The fourth-order valence-corrected chi connectivity index (χ4v) is 4.39. The lowest BCUT2D eigenvalue weighted by molar-refractivity contribution is -0.948. The van der Waals surface area contributed by atoms with Crippen molar-refractivity contribution < 1.29 is 19.2 Å². The van der Waals surface area contributed by atoms with Crippen molar-refractivity contribution >= 4 is 6.03 Å². The molecule has 1 heterocycles. The molecule has 6 heteroatoms. The lowest BCUT2D eigenvalue weighted by Gasteiger charge is -2.38. The van der Waals surface area contributed by atoms with Crippen LogP contribution in [-0.2, 0) is 13.0 Å². The van der Waals surface area contributed by atoms with Gasteiger partial charge in [0.1, 0.15) is 12.6 Å². The highest BCUT2D eigenvalue weighted by Crippen LogP contribution is 2.35. The maximum absolute atomic E-state index is 12.4. The Bertz CT molecular complexity index is 854. The number of benzene rings is 2. The number of hydrogen-bond acceptors (Lipinski definition) is 3. The molecule has 0 aliphatic carbocycles. The van der Waals surface area contributed by atoms with Gasteiger partial charge in [-0.25, -0.2) is 4.79 Å². The monoisotopic (exact) mass is 412 g/mol. The zero-order valence-electron chi connectivity index (χ0n) is 18.6. The van der Waals surface area contributed by atoms with Crippen LogP contribution < -0.4 is 25.0 Å². The normalized spacial score (nSPS) is 19.0. The Morgan fingerprint density at radius 1 is 1.07 bits per heavy atom. The van der Waals surface area contributed by atoms with Gasteiger partial charge in [-0.2, -0.15) is 0 Å². The van der Waals surface area contributed by atoms with Crippen LogP contribution >= 0.6 is 0 Å². The minimum Gasteiger partial charge on any atom is -0.493 e. The van der Waals surface area contributed by atoms with E-state index in [1.54, 1.807) is 14.2 Å². The first-order valence-corrected chi connectivity index (χ1v) is 10.6. The van der Waals surface area contributed by atoms with Crippen LogP contribution in [0, 0.1) is 0 Å². The third kappa shape index (κ3) is 5.05. The highest BCUT2D eigenvalue weighted by molar-refractivity contribution is 5.74. The average Bonchev–Trinajstić information content (AvgIpc) is 2.72. The summed E-state index contributed by atoms with van der Waals surface area (Å²) in [6.07, 6.45) is 0.958. The number of fused-ring (bicyclic) bond motifs is 1. The van der Waals surface area contributed by atoms with Gasteiger partial charge in [0.25, 0.3) is 0 Å². The highest BCUT2D eigenvalue weighted by atomic mass is 16.5. The van der Waals surface area contributed by atoms with Crippen molar-refractivity contribution in [3.63, 3.8) is 0 Å². The third-order valence-corrected chi connectivity index (χ3v) is 5.69. The maximum atomic E-state index is 12.4. The number of methoxy groups -OCH3 is 2. The van der Waals surface area contributed by atoms with E-state index in [0.717, 1.165) is 31.0 Å². The third-order valence-electron chi connectivity index (χ3n) is 5.69. The molecule has 30 heavy (non-hydrogen) atoms. The summed E-state index contributed by atoms with van der Waals surface area (Å²) in [5, 5.41) is 6.10. The highest BCUT2D eigenvalue weighted by Gasteiger charge is 2.37. The van der Waals surface area contributed by atoms with Gasteiger partial charge in [0.05, 0.1) is 26.8 Å². The second-order valence-corrected chi connectivity index (χ2v) is 8.27. The largest absolute Gasteiger partial charge is 0.493 e. The molecule has 2 aromatic carbocycles. The molecule has 6 nitrogen and oxygen atoms in total. The molecule has 3 N–H and O–H groups in total. The minimum atomic E-state index is -0.135. The summed E-state index contributed by atoms with van der Waals surface area (Å²) in [7, 11) is 3.33. The van der Waals surface area contributed by atoms with Gasteiger partial charge in [-0.1, -0.05) is 30.3 Å². The summed E-state index contributed by atoms with van der Waals surface area (Å²) in [4.78, 5) is 13.9. The summed E-state index contributed by atoms with van der Waals surface area (Å²) in [5.74, 6) is 1.47. The number of nitrogens with one attached hydrogen (secondary N) is 3. The van der Waals surface area contributed by atoms with Crippen LogP contribution in [0.4, 0.5) is 4.79 Å². The van der Waals surface area contributed by atoms with Crippen molar-refractivity contribution in [2.75, 3.05) is 20.8 Å². The van der Waals surface area contributed by atoms with E-state index < -0.39 is 0 Å². The Morgan fingerprint density at radius 3 is 2.37 bits per heavy atom. The summed E-state index contributed by atoms with van der Waals surface area (Å²) in [5.41, 5.74) is 3.76. The Morgan fingerprint density at radius 2 is 1.73 bits per heavy atom. The van der Waals surface area contributed by atoms with Crippen LogP contribution in [0.15, 0.2) is 42.5 Å². The van der Waals surface area contributed by atoms with Crippen LogP contribution in [0.3, 0.4) is 0 Å². The topological polar surface area (TPSA) is 64.0 Å². The van der Waals surface area contributed by atoms with Crippen LogP contribution in [0.5, 0.6) is 11.5 Å². The van der Waals surface area contributed by atoms with E-state index in [9.17, 15) is 4.79 Å². The molecule has 0 saturated heterocycles. The minimum absolute atomic E-state index is 0.0559. The van der Waals surface area contributed by atoms with E-state index in [1.807, 2.05) is 19.9 Å². The van der Waals surface area contributed by atoms with Crippen molar-refractivity contribution in [3.8, 4) is 11.5 Å². The number of hydrogen-bond donors (Lipinski definition) is 3. The second-order valence-electron chi connectivity index (χ2n) is 8.27. The van der Waals surface area contributed by atoms with Crippen molar-refractivity contribution in [3.05, 3.63) is 59.2 Å². The number of ether oxygens (including phenoxy) is 2. The molecule has 0 fully saturated rings. The first-order valence-electron chi connectivity index (χ1n) is 10.6. The fourth-order valence-electron chi connectivity index (χ4n) is 4.39. The number of rotatable bonds is 7. The van der Waals surface area contributed by atoms with E-state index in [-0.39, 0.29) is 24.2 Å². The summed E-state index contributed by atoms with van der Waals surface area (Å²) >= 11 is 0. The van der Waals surface area contributed by atoms with E-state index in [1.165, 1.54) is 21.6 Å². The Hall–Kier alpha value is -2.73. The quantitative estimate of drug-likeness (QED) is 0.655. The summed E-state index contributed by atoms with van der Waals surface area (Å²) < 4.78 is 11.1. The van der Waals surface area contributed by atoms with E-state index >= 15 is 0 Å². The molecule has 0 aromatic heterocycles. The number of urea groups is 1. The Labute approximate surface area is 179 Å². The molecule has 0 saturated carbocycles. The zero-order valence-corrected chi connectivity index (χ0v) is 18.6. The lowest BCUT2D eigenvalue weighted by Crippen LogP contribution is -3.13. The predicted octanol–water partition coefficient (Wildman–Crippen LogP) is 2.48. The van der Waals surface area contributed by atoms with Gasteiger partial charge in [-0.15, -0.1) is 0 Å². The molecule has 3 atom stereocenters. The van der Waals surface area contributed by atoms with Crippen LogP contribution in [0.2, 0.25) is 0 Å². The van der Waals surface area contributed by atoms with Crippen molar-refractivity contribution in [1.29, 1.82) is 0 Å². The van der Waals surface area contributed by atoms with Crippen molar-refractivity contribution in [2.24, 2.45) is 0 Å². The molecular formula is C24H34N3O3+. The van der Waals surface area contributed by atoms with E-state index in [2.05, 4.69) is 54.0 Å². The molecule has 162 valence electrons. The predicted molar refractivity (Wildman–Crippen MR) is 118 cm³/mol. The lowest BCUT2D eigenvalue weighted by atomic mass is 9.87. The number of amides is 2. The van der Waals surface area contributed by atoms with Gasteiger partial charge in [-0.05, 0) is 38.5 Å². The molecule has 1 aliphatic heterocycles. The summed E-state index contributed by atoms with van der Waals surface area (Å²) in [6, 6.07) is 14.7. The van der Waals surface area contributed by atoms with Gasteiger partial charge in [0, 0.05) is 23.6 Å². The van der Waals surface area contributed by atoms with Crippen LogP contribution in [-0.4, -0.2) is 38.9 Å². The molecule has 2 amide bonds. The average molecular weight is 413 g/mol. The second kappa shape index (κ2) is 9.85. The number of quaternary nitrogens is 1. The first-order chi connectivity index (χ1) is 14.4. The van der Waals surface area contributed by atoms with Crippen molar-refractivity contribution in [2.45, 2.75) is 51.9 Å². The molecule has 3 rings (SSSR count). The molecule has 0 radical (unpaired) electrons. The van der Waals surface area contributed by atoms with Crippen LogP contribution in [0.25, 0.3) is 0 Å². The Kier molecular flexibility index (Phi) is 7.21. The fraction of sp³-hybridized carbons (Fsp3) is 0.458.